The summed E-state index contributed by atoms with van der Waals surface area (Å²) in [7, 11) is 0. The molecule has 5 heteroatoms. The highest BCUT2D eigenvalue weighted by atomic mass is 19.2. The summed E-state index contributed by atoms with van der Waals surface area (Å²) in [5.74, 6) is -1.72. The maximum Gasteiger partial charge on any atom is 0.183 e. The largest absolute Gasteiger partial charge is 0.397 e. The van der Waals surface area contributed by atoms with Crippen LogP contribution >= 0.6 is 0 Å². The summed E-state index contributed by atoms with van der Waals surface area (Å²) >= 11 is 0. The number of nitrogens with two attached hydrogens (primary N) is 1. The fraction of sp³-hybridized carbons (Fsp3) is 0.538. The minimum Gasteiger partial charge on any atom is -0.397 e. The summed E-state index contributed by atoms with van der Waals surface area (Å²) in [5.41, 5.74) is 6.11. The molecule has 2 heterocycles. The van der Waals surface area contributed by atoms with Gasteiger partial charge in [0.1, 0.15) is 0 Å². The quantitative estimate of drug-likeness (QED) is 0.794. The Balaban J connectivity index is 1.83. The lowest BCUT2D eigenvalue weighted by Crippen LogP contribution is -2.34. The summed E-state index contributed by atoms with van der Waals surface area (Å²) in [5, 5.41) is 3.11. The average Bonchev–Trinajstić information content (AvgIpc) is 2.93. The molecule has 0 aliphatic carbocycles. The van der Waals surface area contributed by atoms with Gasteiger partial charge in [0, 0.05) is 18.6 Å². The summed E-state index contributed by atoms with van der Waals surface area (Å²) in [6.07, 6.45) is 3.26. The van der Waals surface area contributed by atoms with Crippen LogP contribution in [0.15, 0.2) is 12.1 Å². The van der Waals surface area contributed by atoms with Crippen LogP contribution in [-0.2, 0) is 0 Å². The second-order valence-electron chi connectivity index (χ2n) is 5.11. The third-order valence-corrected chi connectivity index (χ3v) is 4.06. The molecule has 3 rings (SSSR count). The van der Waals surface area contributed by atoms with Gasteiger partial charge in [-0.25, -0.2) is 8.78 Å². The number of nitrogens with one attached hydrogen (secondary N) is 1. The summed E-state index contributed by atoms with van der Waals surface area (Å²) in [6, 6.07) is 3.08. The van der Waals surface area contributed by atoms with Gasteiger partial charge in [-0.2, -0.15) is 0 Å². The zero-order valence-corrected chi connectivity index (χ0v) is 10.1. The van der Waals surface area contributed by atoms with Crippen molar-refractivity contribution < 1.29 is 8.78 Å². The second-order valence-corrected chi connectivity index (χ2v) is 5.11. The lowest BCUT2D eigenvalue weighted by atomic mass is 10.1. The van der Waals surface area contributed by atoms with Crippen molar-refractivity contribution in [3.05, 3.63) is 23.8 Å². The fourth-order valence-corrected chi connectivity index (χ4v) is 3.15. The number of hydrogen-bond donors (Lipinski definition) is 2. The van der Waals surface area contributed by atoms with Gasteiger partial charge < -0.3 is 11.1 Å². The highest BCUT2D eigenvalue weighted by Gasteiger charge is 2.37. The molecule has 2 unspecified atom stereocenters. The lowest BCUT2D eigenvalue weighted by molar-refractivity contribution is 0.318. The van der Waals surface area contributed by atoms with Gasteiger partial charge in [-0.15, -0.1) is 0 Å². The van der Waals surface area contributed by atoms with Crippen LogP contribution < -0.4 is 11.1 Å². The molecule has 0 spiro atoms. The number of nitrogens with zero attached hydrogens (tertiary/aromatic N) is 1. The standard InChI is InChI=1S/C13H17F2N3/c14-8-3-4-9(16)13(12(8)15)17-10-5-7-18-6-1-2-11(10)18/h3-4,10-11,17H,1-2,5-7,16H2. The number of anilines is 2. The van der Waals surface area contributed by atoms with E-state index in [1.54, 1.807) is 0 Å². The van der Waals surface area contributed by atoms with Crippen molar-refractivity contribution in [3.8, 4) is 0 Å². The third-order valence-electron chi connectivity index (χ3n) is 4.06. The molecule has 1 aromatic rings. The molecule has 2 fully saturated rings. The van der Waals surface area contributed by atoms with Crippen LogP contribution in [0, 0.1) is 11.6 Å². The van der Waals surface area contributed by atoms with Crippen molar-refractivity contribution in [2.24, 2.45) is 0 Å². The molecule has 98 valence electrons. The molecule has 18 heavy (non-hydrogen) atoms. The van der Waals surface area contributed by atoms with Gasteiger partial charge in [0.05, 0.1) is 11.4 Å². The zero-order valence-electron chi connectivity index (χ0n) is 10.1. The Kier molecular flexibility index (Phi) is 2.86. The Morgan fingerprint density at radius 3 is 2.89 bits per heavy atom. The molecule has 0 amide bonds. The highest BCUT2D eigenvalue weighted by Crippen LogP contribution is 2.33. The van der Waals surface area contributed by atoms with Gasteiger partial charge in [-0.3, -0.25) is 4.90 Å². The number of nitrogen functional groups attached to an aromatic ring is 1. The molecule has 2 saturated heterocycles. The fourth-order valence-electron chi connectivity index (χ4n) is 3.15. The zero-order chi connectivity index (χ0) is 12.7. The van der Waals surface area contributed by atoms with E-state index in [0.29, 0.717) is 6.04 Å². The van der Waals surface area contributed by atoms with Crippen LogP contribution in [-0.4, -0.2) is 30.1 Å². The van der Waals surface area contributed by atoms with E-state index in [2.05, 4.69) is 10.2 Å². The van der Waals surface area contributed by atoms with E-state index in [1.165, 1.54) is 12.5 Å². The van der Waals surface area contributed by atoms with E-state index < -0.39 is 11.6 Å². The number of benzene rings is 1. The van der Waals surface area contributed by atoms with Crippen molar-refractivity contribution in [2.45, 2.75) is 31.3 Å². The molecule has 1 aromatic carbocycles. The molecule has 2 aliphatic rings. The molecule has 0 saturated carbocycles. The van der Waals surface area contributed by atoms with Gasteiger partial charge in [0.25, 0.3) is 0 Å². The molecule has 0 bridgehead atoms. The van der Waals surface area contributed by atoms with Gasteiger partial charge in [-0.05, 0) is 37.9 Å². The lowest BCUT2D eigenvalue weighted by Gasteiger charge is -2.23. The molecule has 2 aliphatic heterocycles. The third kappa shape index (κ3) is 1.82. The highest BCUT2D eigenvalue weighted by molar-refractivity contribution is 5.67. The monoisotopic (exact) mass is 253 g/mol. The van der Waals surface area contributed by atoms with Crippen molar-refractivity contribution >= 4 is 11.4 Å². The smallest absolute Gasteiger partial charge is 0.183 e. The van der Waals surface area contributed by atoms with E-state index in [9.17, 15) is 8.78 Å². The van der Waals surface area contributed by atoms with Crippen molar-refractivity contribution in [3.63, 3.8) is 0 Å². The van der Waals surface area contributed by atoms with Gasteiger partial charge >= 0.3 is 0 Å². The van der Waals surface area contributed by atoms with Crippen molar-refractivity contribution in [1.29, 1.82) is 0 Å². The van der Waals surface area contributed by atoms with E-state index >= 15 is 0 Å². The van der Waals surface area contributed by atoms with E-state index in [4.69, 9.17) is 5.73 Å². The number of hydrogen-bond acceptors (Lipinski definition) is 3. The molecule has 0 radical (unpaired) electrons. The van der Waals surface area contributed by atoms with E-state index in [-0.39, 0.29) is 17.4 Å². The summed E-state index contributed by atoms with van der Waals surface area (Å²) in [6.45, 7) is 2.14. The molecule has 0 aromatic heterocycles. The van der Waals surface area contributed by atoms with Crippen LogP contribution in [0.5, 0.6) is 0 Å². The molecule has 2 atom stereocenters. The summed E-state index contributed by atoms with van der Waals surface area (Å²) < 4.78 is 26.9. The first-order valence-electron chi connectivity index (χ1n) is 6.41. The first-order valence-corrected chi connectivity index (χ1v) is 6.41. The minimum absolute atomic E-state index is 0.119. The SMILES string of the molecule is Nc1ccc(F)c(F)c1NC1CCN2CCCC12. The van der Waals surface area contributed by atoms with E-state index in [0.717, 1.165) is 32.0 Å². The topological polar surface area (TPSA) is 41.3 Å². The Bertz CT molecular complexity index is 464. The van der Waals surface area contributed by atoms with Crippen LogP contribution in [0.1, 0.15) is 19.3 Å². The van der Waals surface area contributed by atoms with Crippen LogP contribution in [0.3, 0.4) is 0 Å². The maximum atomic E-state index is 13.7. The Morgan fingerprint density at radius 2 is 2.06 bits per heavy atom. The van der Waals surface area contributed by atoms with Crippen molar-refractivity contribution in [2.75, 3.05) is 24.1 Å². The Hall–Kier alpha value is -1.36. The molecular formula is C13H17F2N3. The second kappa shape index (κ2) is 4.39. The average molecular weight is 253 g/mol. The first-order chi connectivity index (χ1) is 8.66. The van der Waals surface area contributed by atoms with Crippen LogP contribution in [0.2, 0.25) is 0 Å². The van der Waals surface area contributed by atoms with Gasteiger partial charge in [-0.1, -0.05) is 0 Å². The van der Waals surface area contributed by atoms with Gasteiger partial charge in [0.15, 0.2) is 11.6 Å². The van der Waals surface area contributed by atoms with Crippen LogP contribution in [0.4, 0.5) is 20.2 Å². The van der Waals surface area contributed by atoms with Crippen LogP contribution in [0.25, 0.3) is 0 Å². The predicted molar refractivity (Wildman–Crippen MR) is 67.4 cm³/mol. The number of halogens is 2. The minimum atomic E-state index is -0.869. The molecular weight excluding hydrogens is 236 g/mol. The van der Waals surface area contributed by atoms with Gasteiger partial charge in [0.2, 0.25) is 0 Å². The van der Waals surface area contributed by atoms with Crippen molar-refractivity contribution in [1.82, 2.24) is 4.90 Å². The normalized spacial score (nSPS) is 27.4. The summed E-state index contributed by atoms with van der Waals surface area (Å²) in [4.78, 5) is 2.41. The molecule has 3 N–H and O–H groups in total. The Morgan fingerprint density at radius 1 is 1.22 bits per heavy atom. The number of rotatable bonds is 2. The Labute approximate surface area is 105 Å². The maximum absolute atomic E-state index is 13.7. The predicted octanol–water partition coefficient (Wildman–Crippen LogP) is 2.20. The van der Waals surface area contributed by atoms with E-state index in [1.807, 2.05) is 0 Å². The first kappa shape index (κ1) is 11.7. The molecule has 3 nitrogen and oxygen atoms in total. The number of fused-ring (bicyclic) bond motifs is 1.